The van der Waals surface area contributed by atoms with E-state index in [1.54, 1.807) is 0 Å². The summed E-state index contributed by atoms with van der Waals surface area (Å²) in [6, 6.07) is 8.33. The Morgan fingerprint density at radius 2 is 2.10 bits per heavy atom. The minimum absolute atomic E-state index is 0.162. The van der Waals surface area contributed by atoms with Crippen molar-refractivity contribution in [2.45, 2.75) is 39.8 Å². The van der Waals surface area contributed by atoms with Gasteiger partial charge in [-0.1, -0.05) is 24.6 Å². The lowest BCUT2D eigenvalue weighted by molar-refractivity contribution is 0.528. The second kappa shape index (κ2) is 6.91. The minimum atomic E-state index is 0.162. The van der Waals surface area contributed by atoms with Gasteiger partial charge in [0.25, 0.3) is 0 Å². The number of nitrogens with zero attached hydrogens (tertiary/aromatic N) is 2. The summed E-state index contributed by atoms with van der Waals surface area (Å²) in [7, 11) is 0. The van der Waals surface area contributed by atoms with Crippen LogP contribution in [0.15, 0.2) is 30.5 Å². The van der Waals surface area contributed by atoms with Gasteiger partial charge in [0, 0.05) is 17.8 Å². The highest BCUT2D eigenvalue weighted by Crippen LogP contribution is 2.27. The Bertz CT molecular complexity index is 563. The molecule has 108 valence electrons. The molecule has 4 heteroatoms. The maximum atomic E-state index is 6.07. The number of hydrogen-bond acceptors (Lipinski definition) is 2. The third-order valence-electron chi connectivity index (χ3n) is 3.49. The van der Waals surface area contributed by atoms with Crippen molar-refractivity contribution in [1.82, 2.24) is 15.1 Å². The molecule has 0 saturated heterocycles. The Balaban J connectivity index is 2.41. The number of rotatable bonds is 6. The largest absolute Gasteiger partial charge is 0.305 e. The van der Waals surface area contributed by atoms with Gasteiger partial charge in [-0.3, -0.25) is 4.68 Å². The van der Waals surface area contributed by atoms with Crippen LogP contribution in [-0.4, -0.2) is 16.3 Å². The molecule has 0 bridgehead atoms. The van der Waals surface area contributed by atoms with Crippen LogP contribution in [0.4, 0.5) is 0 Å². The van der Waals surface area contributed by atoms with Gasteiger partial charge in [-0.15, -0.1) is 0 Å². The number of aromatic nitrogens is 2. The van der Waals surface area contributed by atoms with Crippen LogP contribution in [-0.2, 0) is 6.54 Å². The first-order valence-electron chi connectivity index (χ1n) is 7.18. The highest BCUT2D eigenvalue weighted by molar-refractivity contribution is 6.30. The van der Waals surface area contributed by atoms with Gasteiger partial charge in [-0.25, -0.2) is 0 Å². The SMILES string of the molecule is CCCNC(c1ccc(Cl)cc1C)c1ccnn1CC. The van der Waals surface area contributed by atoms with Crippen LogP contribution >= 0.6 is 11.6 Å². The van der Waals surface area contributed by atoms with Gasteiger partial charge in [-0.2, -0.15) is 5.10 Å². The first kappa shape index (κ1) is 15.1. The normalized spacial score (nSPS) is 12.6. The molecular weight excluding hydrogens is 270 g/mol. The number of hydrogen-bond donors (Lipinski definition) is 1. The van der Waals surface area contributed by atoms with E-state index in [4.69, 9.17) is 11.6 Å². The summed E-state index contributed by atoms with van der Waals surface area (Å²) in [6.07, 6.45) is 2.97. The molecule has 3 nitrogen and oxygen atoms in total. The Kier molecular flexibility index (Phi) is 5.21. The van der Waals surface area contributed by atoms with Crippen molar-refractivity contribution in [3.8, 4) is 0 Å². The molecule has 0 aliphatic rings. The van der Waals surface area contributed by atoms with E-state index in [0.717, 1.165) is 24.5 Å². The number of aryl methyl sites for hydroxylation is 2. The summed E-state index contributed by atoms with van der Waals surface area (Å²) in [5.74, 6) is 0. The molecule has 0 spiro atoms. The molecule has 0 amide bonds. The summed E-state index contributed by atoms with van der Waals surface area (Å²) in [5.41, 5.74) is 3.67. The van der Waals surface area contributed by atoms with E-state index in [-0.39, 0.29) is 6.04 Å². The minimum Gasteiger partial charge on any atom is -0.305 e. The monoisotopic (exact) mass is 291 g/mol. The van der Waals surface area contributed by atoms with Gasteiger partial charge >= 0.3 is 0 Å². The Morgan fingerprint density at radius 3 is 2.75 bits per heavy atom. The molecule has 1 N–H and O–H groups in total. The highest BCUT2D eigenvalue weighted by Gasteiger charge is 2.19. The summed E-state index contributed by atoms with van der Waals surface area (Å²) in [6.45, 7) is 8.24. The quantitative estimate of drug-likeness (QED) is 0.873. The van der Waals surface area contributed by atoms with Crippen molar-refractivity contribution in [3.63, 3.8) is 0 Å². The van der Waals surface area contributed by atoms with Crippen LogP contribution in [0.5, 0.6) is 0 Å². The molecule has 1 atom stereocenters. The van der Waals surface area contributed by atoms with Crippen LogP contribution in [0.3, 0.4) is 0 Å². The van der Waals surface area contributed by atoms with E-state index in [1.165, 1.54) is 16.8 Å². The van der Waals surface area contributed by atoms with Crippen molar-refractivity contribution < 1.29 is 0 Å². The van der Waals surface area contributed by atoms with Crippen LogP contribution in [0.2, 0.25) is 5.02 Å². The first-order chi connectivity index (χ1) is 9.67. The molecule has 1 aromatic heterocycles. The molecule has 0 saturated carbocycles. The predicted octanol–water partition coefficient (Wildman–Crippen LogP) is 3.95. The summed E-state index contributed by atoms with van der Waals surface area (Å²) < 4.78 is 2.04. The molecule has 0 aliphatic carbocycles. The fourth-order valence-corrected chi connectivity index (χ4v) is 2.70. The van der Waals surface area contributed by atoms with E-state index in [2.05, 4.69) is 43.3 Å². The van der Waals surface area contributed by atoms with Crippen LogP contribution < -0.4 is 5.32 Å². The van der Waals surface area contributed by atoms with Gasteiger partial charge in [0.1, 0.15) is 0 Å². The second-order valence-electron chi connectivity index (χ2n) is 4.96. The van der Waals surface area contributed by atoms with Crippen LogP contribution in [0.1, 0.15) is 43.1 Å². The van der Waals surface area contributed by atoms with E-state index in [1.807, 2.05) is 23.0 Å². The fraction of sp³-hybridized carbons (Fsp3) is 0.438. The number of halogens is 1. The lowest BCUT2D eigenvalue weighted by Crippen LogP contribution is -2.26. The molecule has 2 aromatic rings. The third kappa shape index (κ3) is 3.22. The van der Waals surface area contributed by atoms with Crippen molar-refractivity contribution in [2.75, 3.05) is 6.54 Å². The molecule has 0 aliphatic heterocycles. The topological polar surface area (TPSA) is 29.9 Å². The summed E-state index contributed by atoms with van der Waals surface area (Å²) in [4.78, 5) is 0. The summed E-state index contributed by atoms with van der Waals surface area (Å²) in [5, 5.41) is 8.79. The van der Waals surface area contributed by atoms with Crippen LogP contribution in [0, 0.1) is 6.92 Å². The lowest BCUT2D eigenvalue weighted by Gasteiger charge is -2.22. The zero-order chi connectivity index (χ0) is 14.5. The average molecular weight is 292 g/mol. The van der Waals surface area contributed by atoms with Crippen molar-refractivity contribution in [1.29, 1.82) is 0 Å². The smallest absolute Gasteiger partial charge is 0.0750 e. The van der Waals surface area contributed by atoms with Crippen molar-refractivity contribution in [3.05, 3.63) is 52.3 Å². The lowest BCUT2D eigenvalue weighted by atomic mass is 9.98. The molecule has 0 fully saturated rings. The van der Waals surface area contributed by atoms with Gasteiger partial charge in [0.15, 0.2) is 0 Å². The van der Waals surface area contributed by atoms with Crippen molar-refractivity contribution in [2.24, 2.45) is 0 Å². The van der Waals surface area contributed by atoms with E-state index >= 15 is 0 Å². The van der Waals surface area contributed by atoms with Crippen LogP contribution in [0.25, 0.3) is 0 Å². The van der Waals surface area contributed by atoms with Gasteiger partial charge in [-0.05, 0) is 56.1 Å². The molecule has 1 unspecified atom stereocenters. The predicted molar refractivity (Wildman–Crippen MR) is 84.2 cm³/mol. The van der Waals surface area contributed by atoms with Gasteiger partial charge in [0.05, 0.1) is 11.7 Å². The van der Waals surface area contributed by atoms with Gasteiger partial charge in [0.2, 0.25) is 0 Å². The first-order valence-corrected chi connectivity index (χ1v) is 7.56. The van der Waals surface area contributed by atoms with E-state index in [9.17, 15) is 0 Å². The molecule has 0 radical (unpaired) electrons. The average Bonchev–Trinajstić information content (AvgIpc) is 2.89. The second-order valence-corrected chi connectivity index (χ2v) is 5.40. The van der Waals surface area contributed by atoms with E-state index < -0.39 is 0 Å². The number of nitrogens with one attached hydrogen (secondary N) is 1. The van der Waals surface area contributed by atoms with E-state index in [0.29, 0.717) is 0 Å². The highest BCUT2D eigenvalue weighted by atomic mass is 35.5. The maximum Gasteiger partial charge on any atom is 0.0750 e. The summed E-state index contributed by atoms with van der Waals surface area (Å²) >= 11 is 6.07. The fourth-order valence-electron chi connectivity index (χ4n) is 2.48. The zero-order valence-electron chi connectivity index (χ0n) is 12.4. The van der Waals surface area contributed by atoms with Crippen molar-refractivity contribution >= 4 is 11.6 Å². The standard InChI is InChI=1S/C16H22ClN3/c1-4-9-18-16(15-8-10-19-20(15)5-2)14-7-6-13(17)11-12(14)3/h6-8,10-11,16,18H,4-5,9H2,1-3H3. The zero-order valence-corrected chi connectivity index (χ0v) is 13.1. The molecular formula is C16H22ClN3. The Morgan fingerprint density at radius 1 is 1.30 bits per heavy atom. The molecule has 20 heavy (non-hydrogen) atoms. The van der Waals surface area contributed by atoms with Gasteiger partial charge < -0.3 is 5.32 Å². The Hall–Kier alpha value is -1.32. The molecule has 2 rings (SSSR count). The molecule has 1 aromatic carbocycles. The Labute approximate surface area is 126 Å². The third-order valence-corrected chi connectivity index (χ3v) is 3.72. The molecule has 1 heterocycles. The maximum absolute atomic E-state index is 6.07. The number of benzene rings is 1.